The number of hydrogen-bond donors (Lipinski definition) is 1. The van der Waals surface area contributed by atoms with E-state index < -0.39 is 0 Å². The summed E-state index contributed by atoms with van der Waals surface area (Å²) < 4.78 is 5.24. The molecule has 2 aromatic rings. The highest BCUT2D eigenvalue weighted by atomic mass is 35.5. The number of benzene rings is 1. The minimum Gasteiger partial charge on any atom is -0.469 e. The Morgan fingerprint density at radius 2 is 2.00 bits per heavy atom. The Labute approximate surface area is 110 Å². The third-order valence-electron chi connectivity index (χ3n) is 2.62. The van der Waals surface area contributed by atoms with Crippen molar-refractivity contribution in [2.45, 2.75) is 19.4 Å². The quantitative estimate of drug-likeness (QED) is 0.910. The summed E-state index contributed by atoms with van der Waals surface area (Å²) in [6.45, 7) is 1.90. The van der Waals surface area contributed by atoms with Gasteiger partial charge in [0, 0.05) is 11.6 Å². The molecular formula is C13H13Cl2NO. The molecule has 0 fully saturated rings. The lowest BCUT2D eigenvalue weighted by Gasteiger charge is -2.09. The van der Waals surface area contributed by atoms with Gasteiger partial charge in [0.2, 0.25) is 0 Å². The summed E-state index contributed by atoms with van der Waals surface area (Å²) in [6, 6.07) is 7.41. The van der Waals surface area contributed by atoms with Gasteiger partial charge in [0.15, 0.2) is 0 Å². The fraction of sp³-hybridized carbons (Fsp3) is 0.231. The molecule has 0 aliphatic heterocycles. The van der Waals surface area contributed by atoms with Gasteiger partial charge in [-0.1, -0.05) is 29.3 Å². The molecular weight excluding hydrogens is 257 g/mol. The lowest BCUT2D eigenvalue weighted by atomic mass is 10.0. The summed E-state index contributed by atoms with van der Waals surface area (Å²) in [4.78, 5) is 0. The molecule has 2 nitrogen and oxygen atoms in total. The highest BCUT2D eigenvalue weighted by Gasteiger charge is 2.10. The molecule has 0 saturated carbocycles. The molecule has 0 amide bonds. The number of furan rings is 1. The van der Waals surface area contributed by atoms with E-state index in [0.29, 0.717) is 16.5 Å². The molecule has 1 aromatic carbocycles. The molecule has 1 unspecified atom stereocenters. The van der Waals surface area contributed by atoms with Crippen LogP contribution in [0.2, 0.25) is 10.0 Å². The van der Waals surface area contributed by atoms with Crippen molar-refractivity contribution >= 4 is 23.2 Å². The first-order chi connectivity index (χ1) is 8.06. The number of nitrogens with two attached hydrogens (primary N) is 1. The molecule has 17 heavy (non-hydrogen) atoms. The van der Waals surface area contributed by atoms with Crippen molar-refractivity contribution in [2.24, 2.45) is 5.73 Å². The van der Waals surface area contributed by atoms with Crippen LogP contribution in [0, 0.1) is 6.92 Å². The number of aryl methyl sites for hydroxylation is 1. The van der Waals surface area contributed by atoms with Crippen molar-refractivity contribution in [3.8, 4) is 0 Å². The number of rotatable bonds is 3. The highest BCUT2D eigenvalue weighted by molar-refractivity contribution is 6.42. The average Bonchev–Trinajstić information content (AvgIpc) is 2.70. The van der Waals surface area contributed by atoms with E-state index in [9.17, 15) is 0 Å². The van der Waals surface area contributed by atoms with Crippen molar-refractivity contribution in [1.82, 2.24) is 0 Å². The fourth-order valence-electron chi connectivity index (χ4n) is 1.70. The molecule has 2 N–H and O–H groups in total. The van der Waals surface area contributed by atoms with Crippen LogP contribution in [-0.4, -0.2) is 0 Å². The maximum absolute atomic E-state index is 6.09. The Morgan fingerprint density at radius 3 is 2.59 bits per heavy atom. The summed E-state index contributed by atoms with van der Waals surface area (Å²) in [7, 11) is 0. The van der Waals surface area contributed by atoms with Gasteiger partial charge in [0.25, 0.3) is 0 Å². The summed E-state index contributed by atoms with van der Waals surface area (Å²) in [5.74, 6) is 0.865. The third kappa shape index (κ3) is 3.03. The molecule has 0 radical (unpaired) electrons. The molecule has 0 aliphatic rings. The van der Waals surface area contributed by atoms with E-state index in [1.54, 1.807) is 12.3 Å². The fourth-order valence-corrected chi connectivity index (χ4v) is 2.02. The molecule has 0 spiro atoms. The smallest absolute Gasteiger partial charge is 0.101 e. The van der Waals surface area contributed by atoms with Gasteiger partial charge >= 0.3 is 0 Å². The number of hydrogen-bond acceptors (Lipinski definition) is 2. The van der Waals surface area contributed by atoms with Crippen molar-refractivity contribution < 1.29 is 4.42 Å². The van der Waals surface area contributed by atoms with E-state index >= 15 is 0 Å². The zero-order valence-electron chi connectivity index (χ0n) is 9.41. The molecule has 1 aromatic heterocycles. The maximum Gasteiger partial charge on any atom is 0.101 e. The van der Waals surface area contributed by atoms with Crippen LogP contribution in [0.4, 0.5) is 0 Å². The topological polar surface area (TPSA) is 39.2 Å². The molecule has 1 atom stereocenters. The lowest BCUT2D eigenvalue weighted by molar-refractivity contribution is 0.528. The van der Waals surface area contributed by atoms with E-state index in [2.05, 4.69) is 0 Å². The average molecular weight is 270 g/mol. The molecule has 4 heteroatoms. The Bertz CT molecular complexity index is 522. The maximum atomic E-state index is 6.09. The first-order valence-corrected chi connectivity index (χ1v) is 6.06. The van der Waals surface area contributed by atoms with Crippen molar-refractivity contribution in [3.05, 3.63) is 57.5 Å². The lowest BCUT2D eigenvalue weighted by Crippen LogP contribution is -2.12. The zero-order chi connectivity index (χ0) is 12.4. The molecule has 2 rings (SSSR count). The Morgan fingerprint density at radius 1 is 1.24 bits per heavy atom. The second-order valence-electron chi connectivity index (χ2n) is 4.05. The van der Waals surface area contributed by atoms with Gasteiger partial charge in [0.05, 0.1) is 16.3 Å². The predicted molar refractivity (Wildman–Crippen MR) is 70.5 cm³/mol. The van der Waals surface area contributed by atoms with Gasteiger partial charge in [-0.05, 0) is 37.1 Å². The van der Waals surface area contributed by atoms with E-state index in [1.165, 1.54) is 0 Å². The van der Waals surface area contributed by atoms with Crippen LogP contribution in [0.15, 0.2) is 34.9 Å². The summed E-state index contributed by atoms with van der Waals surface area (Å²) in [5.41, 5.74) is 8.15. The van der Waals surface area contributed by atoms with Crippen LogP contribution >= 0.6 is 23.2 Å². The number of halogens is 2. The standard InChI is InChI=1S/C13H13Cl2NO/c1-8-4-10(7-17-8)13(16)6-9-2-3-11(14)12(15)5-9/h2-5,7,13H,6,16H2,1H3. The van der Waals surface area contributed by atoms with E-state index in [0.717, 1.165) is 16.9 Å². The van der Waals surface area contributed by atoms with Crippen molar-refractivity contribution in [2.75, 3.05) is 0 Å². The molecule has 0 bridgehead atoms. The Balaban J connectivity index is 2.12. The normalized spacial score (nSPS) is 12.7. The summed E-state index contributed by atoms with van der Waals surface area (Å²) in [6.07, 6.45) is 2.40. The largest absolute Gasteiger partial charge is 0.469 e. The van der Waals surface area contributed by atoms with Gasteiger partial charge in [-0.3, -0.25) is 0 Å². The van der Waals surface area contributed by atoms with Crippen LogP contribution in [0.5, 0.6) is 0 Å². The van der Waals surface area contributed by atoms with Gasteiger partial charge in [-0.25, -0.2) is 0 Å². The molecule has 0 saturated heterocycles. The minimum atomic E-state index is -0.0929. The van der Waals surface area contributed by atoms with Crippen LogP contribution < -0.4 is 5.73 Å². The summed E-state index contributed by atoms with van der Waals surface area (Å²) in [5, 5.41) is 1.11. The molecule has 90 valence electrons. The zero-order valence-corrected chi connectivity index (χ0v) is 10.9. The van der Waals surface area contributed by atoms with Gasteiger partial charge in [-0.15, -0.1) is 0 Å². The second-order valence-corrected chi connectivity index (χ2v) is 4.86. The van der Waals surface area contributed by atoms with E-state index in [-0.39, 0.29) is 6.04 Å². The predicted octanol–water partition coefficient (Wildman–Crippen LogP) is 4.14. The molecule has 1 heterocycles. The minimum absolute atomic E-state index is 0.0929. The van der Waals surface area contributed by atoms with Gasteiger partial charge < -0.3 is 10.2 Å². The summed E-state index contributed by atoms with van der Waals surface area (Å²) >= 11 is 11.8. The Kier molecular flexibility index (Phi) is 3.77. The molecule has 0 aliphatic carbocycles. The highest BCUT2D eigenvalue weighted by Crippen LogP contribution is 2.25. The van der Waals surface area contributed by atoms with Gasteiger partial charge in [0.1, 0.15) is 5.76 Å². The van der Waals surface area contributed by atoms with Crippen LogP contribution in [0.3, 0.4) is 0 Å². The van der Waals surface area contributed by atoms with Crippen molar-refractivity contribution in [1.29, 1.82) is 0 Å². The SMILES string of the molecule is Cc1cc(C(N)Cc2ccc(Cl)c(Cl)c2)co1. The van der Waals surface area contributed by atoms with Crippen LogP contribution in [0.25, 0.3) is 0 Å². The van der Waals surface area contributed by atoms with Gasteiger partial charge in [-0.2, -0.15) is 0 Å². The third-order valence-corrected chi connectivity index (χ3v) is 3.36. The van der Waals surface area contributed by atoms with E-state index in [4.69, 9.17) is 33.4 Å². The first-order valence-electron chi connectivity index (χ1n) is 5.31. The Hall–Kier alpha value is -0.960. The van der Waals surface area contributed by atoms with Crippen LogP contribution in [0.1, 0.15) is 22.9 Å². The van der Waals surface area contributed by atoms with Crippen molar-refractivity contribution in [3.63, 3.8) is 0 Å². The monoisotopic (exact) mass is 269 g/mol. The second kappa shape index (κ2) is 5.13. The first kappa shape index (κ1) is 12.5. The van der Waals surface area contributed by atoms with E-state index in [1.807, 2.05) is 25.1 Å². The van der Waals surface area contributed by atoms with Crippen LogP contribution in [-0.2, 0) is 6.42 Å².